The van der Waals surface area contributed by atoms with Crippen molar-refractivity contribution < 1.29 is 53.4 Å². The molecule has 1 saturated heterocycles. The number of benzene rings is 1. The summed E-state index contributed by atoms with van der Waals surface area (Å²) in [6.45, 7) is 4.55. The summed E-state index contributed by atoms with van der Waals surface area (Å²) < 4.78 is 22.4. The molecule has 3 N–H and O–H groups in total. The van der Waals surface area contributed by atoms with Crippen molar-refractivity contribution in [2.45, 2.75) is 75.2 Å². The maximum absolute atomic E-state index is 12.8. The fraction of sp³-hybridized carbons (Fsp3) is 0.556. The number of likely N-dealkylation sites (N-methyl/N-ethyl adjacent to an activating group) is 1. The highest BCUT2D eigenvalue weighted by Crippen LogP contribution is 2.62. The topological polar surface area (TPSA) is 169 Å². The number of hydrogen-bond acceptors (Lipinski definition) is 10. The van der Waals surface area contributed by atoms with Crippen molar-refractivity contribution in [2.24, 2.45) is 0 Å². The van der Waals surface area contributed by atoms with Crippen LogP contribution in [0.2, 0.25) is 0 Å². The second-order valence-electron chi connectivity index (χ2n) is 10.3. The molecule has 3 aliphatic rings. The largest absolute Gasteiger partial charge is 0.493 e. The minimum atomic E-state index is -1.86. The third kappa shape index (κ3) is 4.71. The number of likely N-dealkylation sites (tertiary alicyclic amines) is 1. The van der Waals surface area contributed by atoms with Gasteiger partial charge in [-0.1, -0.05) is 6.07 Å². The molecule has 0 saturated carbocycles. The summed E-state index contributed by atoms with van der Waals surface area (Å²) in [4.78, 5) is 48.9. The maximum atomic E-state index is 12.8. The summed E-state index contributed by atoms with van der Waals surface area (Å²) in [6, 6.07) is 3.45. The van der Waals surface area contributed by atoms with E-state index in [1.807, 2.05) is 27.0 Å². The highest BCUT2D eigenvalue weighted by Gasteiger charge is 2.69. The molecule has 1 spiro atoms. The number of ether oxygens (including phenoxy) is 4. The maximum Gasteiger partial charge on any atom is 0.345 e. The normalized spacial score (nSPS) is 28.1. The van der Waals surface area contributed by atoms with Crippen LogP contribution in [0.5, 0.6) is 11.5 Å². The van der Waals surface area contributed by atoms with E-state index >= 15 is 0 Å². The zero-order chi connectivity index (χ0) is 28.7. The van der Waals surface area contributed by atoms with Crippen molar-refractivity contribution in [3.8, 4) is 11.5 Å². The lowest BCUT2D eigenvalue weighted by atomic mass is 9.54. The smallest absolute Gasteiger partial charge is 0.345 e. The average molecular weight is 548 g/mol. The lowest BCUT2D eigenvalue weighted by Crippen LogP contribution is -2.71. The van der Waals surface area contributed by atoms with Crippen LogP contribution >= 0.6 is 0 Å². The number of nitrogens with zero attached hydrogens (tertiary/aromatic N) is 1. The molecule has 2 heterocycles. The average Bonchev–Trinajstić information content (AvgIpc) is 3.24. The van der Waals surface area contributed by atoms with E-state index in [2.05, 4.69) is 4.90 Å². The van der Waals surface area contributed by atoms with Gasteiger partial charge in [0.2, 0.25) is 6.10 Å². The Balaban J connectivity index is 1.57. The fourth-order valence-corrected chi connectivity index (χ4v) is 6.10. The molecule has 4 rings (SSSR count). The molecule has 1 aromatic rings. The SMILES string of the molecule is COc1ccc(C)c2c1O[C@H]1C(OC(=O)CCC(=O)O[C@@H](CC(=O)O)C(=O)O)=CC[C@@]3(O)[C@@H](C)N(C)CC[C@]213. The summed E-state index contributed by atoms with van der Waals surface area (Å²) >= 11 is 0. The van der Waals surface area contributed by atoms with Crippen LogP contribution in [0.3, 0.4) is 0 Å². The van der Waals surface area contributed by atoms with Gasteiger partial charge in [-0.3, -0.25) is 14.4 Å². The van der Waals surface area contributed by atoms with E-state index < -0.39 is 66.4 Å². The number of aryl methyl sites for hydroxylation is 1. The summed E-state index contributed by atoms with van der Waals surface area (Å²) in [6.07, 6.45) is -2.19. The second kappa shape index (κ2) is 10.5. The molecule has 5 atom stereocenters. The monoisotopic (exact) mass is 547 g/mol. The van der Waals surface area contributed by atoms with Gasteiger partial charge in [0.05, 0.1) is 37.4 Å². The van der Waals surface area contributed by atoms with Crippen LogP contribution in [0, 0.1) is 6.92 Å². The van der Waals surface area contributed by atoms with Gasteiger partial charge < -0.3 is 39.2 Å². The quantitative estimate of drug-likeness (QED) is 0.382. The predicted molar refractivity (Wildman–Crippen MR) is 133 cm³/mol. The Kier molecular flexibility index (Phi) is 7.63. The summed E-state index contributed by atoms with van der Waals surface area (Å²) in [5.41, 5.74) is -0.449. The standard InChI is InChI=1S/C27H33NO11/c1-14-5-6-16(36-4)23-22(14)26-11-12-28(3)15(2)27(26,35)10-9-17(24(26)39-23)37-20(31)7-8-21(32)38-18(25(33)34)13-19(29)30/h5-6,9,15,18,24,35H,7-8,10-13H2,1-4H3,(H,29,30)(H,33,34)/t15-,18+,24+,26+,27-/m1/s1. The summed E-state index contributed by atoms with van der Waals surface area (Å²) in [5, 5.41) is 30.1. The summed E-state index contributed by atoms with van der Waals surface area (Å²) in [5.74, 6) is -3.68. The third-order valence-electron chi connectivity index (χ3n) is 8.21. The molecule has 12 nitrogen and oxygen atoms in total. The number of carboxylic acid groups (broad SMARTS) is 2. The van der Waals surface area contributed by atoms with Crippen LogP contribution < -0.4 is 9.47 Å². The number of carbonyl (C=O) groups excluding carboxylic acids is 2. The fourth-order valence-electron chi connectivity index (χ4n) is 6.10. The molecule has 12 heteroatoms. The number of carboxylic acids is 2. The van der Waals surface area contributed by atoms with Crippen molar-refractivity contribution in [3.63, 3.8) is 0 Å². The number of hydrogen-bond donors (Lipinski definition) is 3. The molecule has 2 aliphatic heterocycles. The molecule has 1 aliphatic carbocycles. The van der Waals surface area contributed by atoms with Gasteiger partial charge in [0.1, 0.15) is 5.76 Å². The Hall–Kier alpha value is -3.64. The van der Waals surface area contributed by atoms with Gasteiger partial charge in [-0.2, -0.15) is 0 Å². The first-order valence-electron chi connectivity index (χ1n) is 12.7. The molecule has 1 fully saturated rings. The van der Waals surface area contributed by atoms with Gasteiger partial charge in [0, 0.05) is 18.0 Å². The van der Waals surface area contributed by atoms with E-state index in [-0.39, 0.29) is 18.2 Å². The van der Waals surface area contributed by atoms with Crippen molar-refractivity contribution in [2.75, 3.05) is 20.7 Å². The molecule has 0 bridgehead atoms. The Bertz CT molecular complexity index is 1230. The number of esters is 2. The van der Waals surface area contributed by atoms with Gasteiger partial charge >= 0.3 is 23.9 Å². The number of methoxy groups -OCH3 is 1. The van der Waals surface area contributed by atoms with Crippen molar-refractivity contribution in [1.29, 1.82) is 0 Å². The van der Waals surface area contributed by atoms with E-state index in [1.165, 1.54) is 7.11 Å². The number of carbonyl (C=O) groups is 4. The highest BCUT2D eigenvalue weighted by molar-refractivity contribution is 5.84. The number of aliphatic hydroxyl groups is 1. The molecule has 212 valence electrons. The van der Waals surface area contributed by atoms with Gasteiger partial charge in [-0.25, -0.2) is 4.79 Å². The van der Waals surface area contributed by atoms with Gasteiger partial charge in [0.15, 0.2) is 17.6 Å². The highest BCUT2D eigenvalue weighted by atomic mass is 16.6. The first kappa shape index (κ1) is 28.4. The van der Waals surface area contributed by atoms with Crippen molar-refractivity contribution >= 4 is 23.9 Å². The molecular formula is C27H33NO11. The first-order valence-corrected chi connectivity index (χ1v) is 12.7. The first-order chi connectivity index (χ1) is 18.4. The molecule has 1 aromatic carbocycles. The van der Waals surface area contributed by atoms with E-state index in [9.17, 15) is 24.3 Å². The van der Waals surface area contributed by atoms with Crippen molar-refractivity contribution in [1.82, 2.24) is 4.90 Å². The molecule has 0 amide bonds. The van der Waals surface area contributed by atoms with Crippen LogP contribution in [0.1, 0.15) is 50.2 Å². The second-order valence-corrected chi connectivity index (χ2v) is 10.3. The number of fused-ring (bicyclic) bond motifs is 1. The van der Waals surface area contributed by atoms with Crippen LogP contribution in [0.4, 0.5) is 0 Å². The zero-order valence-corrected chi connectivity index (χ0v) is 22.3. The predicted octanol–water partition coefficient (Wildman–Crippen LogP) is 1.54. The van der Waals surface area contributed by atoms with Gasteiger partial charge in [0.25, 0.3) is 0 Å². The summed E-state index contributed by atoms with van der Waals surface area (Å²) in [7, 11) is 3.47. The van der Waals surface area contributed by atoms with Gasteiger partial charge in [-0.05, 0) is 51.6 Å². The minimum absolute atomic E-state index is 0.189. The molecule has 0 radical (unpaired) electrons. The Morgan fingerprint density at radius 1 is 1.18 bits per heavy atom. The van der Waals surface area contributed by atoms with Crippen LogP contribution in [-0.4, -0.2) is 88.6 Å². The number of piperidine rings is 1. The van der Waals surface area contributed by atoms with Crippen LogP contribution in [-0.2, 0) is 34.1 Å². The molecule has 39 heavy (non-hydrogen) atoms. The van der Waals surface area contributed by atoms with E-state index in [4.69, 9.17) is 29.2 Å². The molecule has 0 aromatic heterocycles. The lowest BCUT2D eigenvalue weighted by molar-refractivity contribution is -0.168. The van der Waals surface area contributed by atoms with Crippen LogP contribution in [0.25, 0.3) is 0 Å². The number of rotatable bonds is 9. The lowest BCUT2D eigenvalue weighted by Gasteiger charge is -2.58. The Morgan fingerprint density at radius 2 is 1.87 bits per heavy atom. The van der Waals surface area contributed by atoms with Crippen molar-refractivity contribution in [3.05, 3.63) is 35.1 Å². The minimum Gasteiger partial charge on any atom is -0.493 e. The molecular weight excluding hydrogens is 514 g/mol. The Labute approximate surface area is 225 Å². The van der Waals surface area contributed by atoms with E-state index in [1.54, 1.807) is 12.1 Å². The zero-order valence-electron chi connectivity index (χ0n) is 22.3. The van der Waals surface area contributed by atoms with Crippen LogP contribution in [0.15, 0.2) is 24.0 Å². The van der Waals surface area contributed by atoms with E-state index in [0.717, 1.165) is 11.1 Å². The molecule has 0 unspecified atom stereocenters. The number of aliphatic carboxylic acids is 2. The third-order valence-corrected chi connectivity index (χ3v) is 8.21. The van der Waals surface area contributed by atoms with Gasteiger partial charge in [-0.15, -0.1) is 0 Å². The van der Waals surface area contributed by atoms with E-state index in [0.29, 0.717) is 24.5 Å². The Morgan fingerprint density at radius 3 is 2.51 bits per heavy atom.